The maximum Gasteiger partial charge on any atom is 0.232 e. The van der Waals surface area contributed by atoms with Crippen LogP contribution in [-0.2, 0) is 21.9 Å². The summed E-state index contributed by atoms with van der Waals surface area (Å²) in [6, 6.07) is 10.2. The van der Waals surface area contributed by atoms with Crippen molar-refractivity contribution in [3.8, 4) is 5.75 Å². The highest BCUT2D eigenvalue weighted by Crippen LogP contribution is 2.34. The van der Waals surface area contributed by atoms with E-state index in [9.17, 15) is 9.18 Å². The molecule has 1 fully saturated rings. The molecule has 0 atom stereocenters. The Labute approximate surface area is 178 Å². The van der Waals surface area contributed by atoms with Gasteiger partial charge in [0.05, 0.1) is 12.4 Å². The lowest BCUT2D eigenvalue weighted by Gasteiger charge is -2.36. The van der Waals surface area contributed by atoms with Crippen molar-refractivity contribution >= 4 is 35.0 Å². The van der Waals surface area contributed by atoms with Crippen molar-refractivity contribution in [3.05, 3.63) is 58.4 Å². The van der Waals surface area contributed by atoms with E-state index in [1.807, 2.05) is 17.0 Å². The monoisotopic (exact) mass is 436 g/mol. The Bertz CT molecular complexity index is 873. The SMILES string of the molecule is O=C(CSCc1cc(Cl)cc2c1OCOC2)N1CCN(c2ccc(F)cc2)CC1. The highest BCUT2D eigenvalue weighted by molar-refractivity contribution is 7.99. The Morgan fingerprint density at radius 3 is 2.66 bits per heavy atom. The van der Waals surface area contributed by atoms with Gasteiger partial charge in [-0.2, -0.15) is 0 Å². The lowest BCUT2D eigenvalue weighted by atomic mass is 10.1. The molecule has 2 aromatic rings. The topological polar surface area (TPSA) is 42.0 Å². The molecule has 2 heterocycles. The van der Waals surface area contributed by atoms with Crippen LogP contribution in [0.1, 0.15) is 11.1 Å². The van der Waals surface area contributed by atoms with Crippen LogP contribution in [-0.4, -0.2) is 49.5 Å². The van der Waals surface area contributed by atoms with E-state index in [-0.39, 0.29) is 18.5 Å². The summed E-state index contributed by atoms with van der Waals surface area (Å²) >= 11 is 7.76. The number of fused-ring (bicyclic) bond motifs is 1. The lowest BCUT2D eigenvalue weighted by molar-refractivity contribution is -0.128. The first-order valence-electron chi connectivity index (χ1n) is 9.48. The van der Waals surface area contributed by atoms with E-state index in [2.05, 4.69) is 4.90 Å². The predicted octanol–water partition coefficient (Wildman–Crippen LogP) is 3.93. The van der Waals surface area contributed by atoms with Crippen LogP contribution in [0, 0.1) is 5.82 Å². The van der Waals surface area contributed by atoms with E-state index >= 15 is 0 Å². The van der Waals surface area contributed by atoms with Gasteiger partial charge in [-0.05, 0) is 36.4 Å². The number of benzene rings is 2. The molecule has 0 aliphatic carbocycles. The third kappa shape index (κ3) is 4.97. The van der Waals surface area contributed by atoms with Gasteiger partial charge in [-0.25, -0.2) is 4.39 Å². The number of piperazine rings is 1. The molecule has 29 heavy (non-hydrogen) atoms. The second-order valence-corrected chi connectivity index (χ2v) is 8.42. The van der Waals surface area contributed by atoms with E-state index < -0.39 is 0 Å². The number of carbonyl (C=O) groups excluding carboxylic acids is 1. The van der Waals surface area contributed by atoms with E-state index in [0.717, 1.165) is 35.7 Å². The average Bonchev–Trinajstić information content (AvgIpc) is 2.74. The van der Waals surface area contributed by atoms with Crippen LogP contribution in [0.15, 0.2) is 36.4 Å². The van der Waals surface area contributed by atoms with Crippen LogP contribution in [0.5, 0.6) is 5.75 Å². The number of ether oxygens (including phenoxy) is 2. The Morgan fingerprint density at radius 2 is 1.90 bits per heavy atom. The molecule has 4 rings (SSSR count). The minimum atomic E-state index is -0.238. The number of anilines is 1. The van der Waals surface area contributed by atoms with Crippen LogP contribution in [0.2, 0.25) is 5.02 Å². The molecule has 0 saturated carbocycles. The summed E-state index contributed by atoms with van der Waals surface area (Å²) in [5, 5.41) is 0.650. The van der Waals surface area contributed by atoms with Crippen molar-refractivity contribution in [1.82, 2.24) is 4.90 Å². The molecule has 154 valence electrons. The first-order chi connectivity index (χ1) is 14.1. The summed E-state index contributed by atoms with van der Waals surface area (Å²) in [6.07, 6.45) is 0. The maximum absolute atomic E-state index is 13.1. The van der Waals surface area contributed by atoms with Crippen LogP contribution in [0.3, 0.4) is 0 Å². The van der Waals surface area contributed by atoms with Crippen LogP contribution < -0.4 is 9.64 Å². The molecular weight excluding hydrogens is 415 g/mol. The number of rotatable bonds is 5. The van der Waals surface area contributed by atoms with Gasteiger partial charge in [0.1, 0.15) is 11.6 Å². The zero-order chi connectivity index (χ0) is 20.2. The molecular formula is C21H22ClFN2O3S. The fraction of sp³-hybridized carbons (Fsp3) is 0.381. The van der Waals surface area contributed by atoms with Crippen molar-refractivity contribution in [2.24, 2.45) is 0 Å². The summed E-state index contributed by atoms with van der Waals surface area (Å²) in [7, 11) is 0. The van der Waals surface area contributed by atoms with Crippen LogP contribution in [0.4, 0.5) is 10.1 Å². The highest BCUT2D eigenvalue weighted by Gasteiger charge is 2.22. The van der Waals surface area contributed by atoms with E-state index in [1.165, 1.54) is 12.1 Å². The highest BCUT2D eigenvalue weighted by atomic mass is 35.5. The first kappa shape index (κ1) is 20.3. The molecule has 8 heteroatoms. The summed E-state index contributed by atoms with van der Waals surface area (Å²) < 4.78 is 24.0. The minimum absolute atomic E-state index is 0.133. The van der Waals surface area contributed by atoms with E-state index in [1.54, 1.807) is 23.9 Å². The number of halogens is 2. The standard InChI is InChI=1S/C21H22ClFN2O3S/c22-17-9-15-11-27-14-28-21(15)16(10-17)12-29-13-20(26)25-7-5-24(6-8-25)19-3-1-18(23)2-4-19/h1-4,9-10H,5-8,11-14H2. The number of thioether (sulfide) groups is 1. The summed E-state index contributed by atoms with van der Waals surface area (Å²) in [6.45, 7) is 3.57. The lowest BCUT2D eigenvalue weighted by Crippen LogP contribution is -2.49. The summed E-state index contributed by atoms with van der Waals surface area (Å²) in [4.78, 5) is 16.7. The Kier molecular flexibility index (Phi) is 6.47. The van der Waals surface area contributed by atoms with Crippen LogP contribution in [0.25, 0.3) is 0 Å². The molecule has 0 bridgehead atoms. The zero-order valence-electron chi connectivity index (χ0n) is 15.9. The second kappa shape index (κ2) is 9.24. The van der Waals surface area contributed by atoms with Gasteiger partial charge in [-0.3, -0.25) is 4.79 Å². The van der Waals surface area contributed by atoms with Crippen molar-refractivity contribution in [2.75, 3.05) is 43.6 Å². The molecule has 2 aliphatic rings. The van der Waals surface area contributed by atoms with Crippen molar-refractivity contribution in [3.63, 3.8) is 0 Å². The molecule has 0 N–H and O–H groups in total. The largest absolute Gasteiger partial charge is 0.467 e. The molecule has 0 spiro atoms. The molecule has 2 aliphatic heterocycles. The fourth-order valence-corrected chi connectivity index (χ4v) is 4.73. The normalized spacial score (nSPS) is 16.3. The average molecular weight is 437 g/mol. The Hall–Kier alpha value is -1.96. The van der Waals surface area contributed by atoms with Crippen molar-refractivity contribution in [2.45, 2.75) is 12.4 Å². The van der Waals surface area contributed by atoms with Gasteiger partial charge in [0.2, 0.25) is 5.91 Å². The quantitative estimate of drug-likeness (QED) is 0.710. The molecule has 5 nitrogen and oxygen atoms in total. The molecule has 0 unspecified atom stereocenters. The van der Waals surface area contributed by atoms with Gasteiger partial charge in [-0.15, -0.1) is 11.8 Å². The molecule has 1 saturated heterocycles. The fourth-order valence-electron chi connectivity index (χ4n) is 3.57. The molecule has 1 amide bonds. The Morgan fingerprint density at radius 1 is 1.14 bits per heavy atom. The summed E-state index contributed by atoms with van der Waals surface area (Å²) in [5.74, 6) is 1.79. The molecule has 0 radical (unpaired) electrons. The maximum atomic E-state index is 13.1. The van der Waals surface area contributed by atoms with Gasteiger partial charge >= 0.3 is 0 Å². The Balaban J connectivity index is 1.27. The second-order valence-electron chi connectivity index (χ2n) is 7.00. The minimum Gasteiger partial charge on any atom is -0.467 e. The molecule has 2 aromatic carbocycles. The van der Waals surface area contributed by atoms with Crippen molar-refractivity contribution in [1.29, 1.82) is 0 Å². The number of carbonyl (C=O) groups is 1. The first-order valence-corrected chi connectivity index (χ1v) is 11.0. The number of nitrogens with zero attached hydrogens (tertiary/aromatic N) is 2. The van der Waals surface area contributed by atoms with Gasteiger partial charge in [0, 0.05) is 53.8 Å². The smallest absolute Gasteiger partial charge is 0.232 e. The van der Waals surface area contributed by atoms with Gasteiger partial charge in [0.25, 0.3) is 0 Å². The summed E-state index contributed by atoms with van der Waals surface area (Å²) in [5.41, 5.74) is 2.93. The van der Waals surface area contributed by atoms with Gasteiger partial charge in [-0.1, -0.05) is 11.6 Å². The van der Waals surface area contributed by atoms with Gasteiger partial charge in [0.15, 0.2) is 6.79 Å². The van der Waals surface area contributed by atoms with E-state index in [4.69, 9.17) is 21.1 Å². The number of hydrogen-bond donors (Lipinski definition) is 0. The number of amides is 1. The number of hydrogen-bond acceptors (Lipinski definition) is 5. The molecule has 0 aromatic heterocycles. The van der Waals surface area contributed by atoms with E-state index in [0.29, 0.717) is 36.2 Å². The third-order valence-corrected chi connectivity index (χ3v) is 6.24. The predicted molar refractivity (Wildman–Crippen MR) is 113 cm³/mol. The van der Waals surface area contributed by atoms with Crippen LogP contribution >= 0.6 is 23.4 Å². The van der Waals surface area contributed by atoms with Crippen molar-refractivity contribution < 1.29 is 18.7 Å². The van der Waals surface area contributed by atoms with Gasteiger partial charge < -0.3 is 19.3 Å². The zero-order valence-corrected chi connectivity index (χ0v) is 17.5. The third-order valence-electron chi connectivity index (χ3n) is 5.06.